The smallest absolute Gasteiger partial charge is 1.00 e. The molecule has 0 aliphatic heterocycles. The maximum Gasteiger partial charge on any atom is 1.00 e. The standard InChI is InChI=1S/C34H54O6.C30H50O4.CH2O3.CH4O.2Na.H/c1-21(18-35)24-10-15-34(20-40-23(3)37)17-16-32(6)25(29(24)34)8-9-27-30(4)13-12-28(38)31(5,19-39-22(2)36)26(30)11-14-33(27,32)7;1-19(16-31)20-8-13-30(18-33)15-14-28(4)21(25(20)30)6-7-23-26(2)11-10-24(34)27(3,17-32)22(26)9-12-29(23,28)5;2-1-4-3;1-2;;;/h24-29,35,38H,1,8-20H2,2-7H3;20-25,31-34H,1,6-18H2,2-5H3;1,3H;2H,1H3;;;/q;;;;2*+1;-1/p-1/t24-,25+,26+,27+,28-,29+,30-,31-,32+,33+,34+;20-,21+,22+,23+,24-,25+,26-,27-,28+,29+,30+;;;;;/m00...../s1. The van der Waals surface area contributed by atoms with Gasteiger partial charge in [0.25, 0.3) is 6.47 Å². The third-order valence-electron chi connectivity index (χ3n) is 28.1. The third kappa shape index (κ3) is 11.3. The van der Waals surface area contributed by atoms with Crippen LogP contribution in [0.25, 0.3) is 0 Å². The number of esters is 2. The summed E-state index contributed by atoms with van der Waals surface area (Å²) in [4.78, 5) is 35.0. The van der Waals surface area contributed by atoms with Gasteiger partial charge in [-0.05, 0) is 237 Å². The summed E-state index contributed by atoms with van der Waals surface area (Å²) in [5.41, 5.74) is 1.99. The van der Waals surface area contributed by atoms with E-state index in [1.165, 1.54) is 33.1 Å². The number of carbonyl (C=O) groups is 3. The molecule has 82 heavy (non-hydrogen) atoms. The summed E-state index contributed by atoms with van der Waals surface area (Å²) in [5, 5.41) is 78.9. The molecule has 0 heterocycles. The predicted octanol–water partition coefficient (Wildman–Crippen LogP) is 3.19. The Balaban J connectivity index is 0.000000318. The molecule has 10 fully saturated rings. The molecule has 10 aliphatic carbocycles. The zero-order chi connectivity index (χ0) is 59.5. The first kappa shape index (κ1) is 72.3. The minimum absolute atomic E-state index is 0. The summed E-state index contributed by atoms with van der Waals surface area (Å²) < 4.78 is 11.4. The molecule has 0 saturated heterocycles. The number of hydrogen-bond donors (Lipinski definition) is 7. The van der Waals surface area contributed by atoms with Crippen LogP contribution in [0.4, 0.5) is 0 Å². The predicted molar refractivity (Wildman–Crippen MR) is 305 cm³/mol. The first-order valence-corrected chi connectivity index (χ1v) is 31.2. The molecule has 0 unspecified atom stereocenters. The first-order valence-electron chi connectivity index (χ1n) is 31.2. The second-order valence-electron chi connectivity index (χ2n) is 30.2. The van der Waals surface area contributed by atoms with Crippen molar-refractivity contribution in [2.45, 2.75) is 210 Å². The van der Waals surface area contributed by atoms with Crippen LogP contribution in [0.15, 0.2) is 24.3 Å². The molecule has 460 valence electrons. The van der Waals surface area contributed by atoms with E-state index in [1.54, 1.807) is 0 Å². The molecule has 14 nitrogen and oxygen atoms in total. The van der Waals surface area contributed by atoms with Crippen molar-refractivity contribution < 1.29 is 130 Å². The SMILES string of the molecule is C=C(CO)[C@@H]1CC[C@]2(CO)CC[C@]3(C)[C@H](CC[C@@H]4[C@@]5(C)CC[C@H](O)[C@@](C)(CO)[C@@H]5CC[C@]43C)[C@@H]12.C=C(CO)[C@@H]1CC[C@]2(COC(C)=O)CC[C@]3(C)[C@H](CC[C@@H]4[C@@]5(C)CC[C@H](O)[C@@](C)(COC(C)=O)[C@@H]5CC[C@]43C)[C@@H]12.CO.O=CO[O-].[H-].[Na+].[Na+]. The van der Waals surface area contributed by atoms with E-state index in [-0.39, 0.29) is 155 Å². The average molecular weight is 1170 g/mol. The van der Waals surface area contributed by atoms with Gasteiger partial charge in [0, 0.05) is 43.8 Å². The monoisotopic (exact) mass is 1170 g/mol. The number of aliphatic hydroxyl groups is 7. The molecule has 22 atom stereocenters. The summed E-state index contributed by atoms with van der Waals surface area (Å²) in [6.45, 7) is 32.2. The van der Waals surface area contributed by atoms with Crippen LogP contribution < -0.4 is 64.4 Å². The van der Waals surface area contributed by atoms with Crippen molar-refractivity contribution in [3.63, 3.8) is 0 Å². The van der Waals surface area contributed by atoms with E-state index in [1.807, 2.05) is 0 Å². The zero-order valence-electron chi connectivity index (χ0n) is 54.3. The molecule has 16 heteroatoms. The van der Waals surface area contributed by atoms with Crippen LogP contribution in [-0.2, 0) is 28.7 Å². The maximum atomic E-state index is 11.9. The van der Waals surface area contributed by atoms with Crippen molar-refractivity contribution in [2.24, 2.45) is 113 Å². The van der Waals surface area contributed by atoms with Crippen molar-refractivity contribution >= 4 is 18.4 Å². The van der Waals surface area contributed by atoms with E-state index in [9.17, 15) is 40.2 Å². The summed E-state index contributed by atoms with van der Waals surface area (Å²) in [6.07, 6.45) is 20.5. The molecule has 10 aliphatic rings. The number of fused-ring (bicyclic) bond motifs is 14. The fraction of sp³-hybridized carbons (Fsp3) is 0.894. The Morgan fingerprint density at radius 1 is 0.512 bits per heavy atom. The maximum absolute atomic E-state index is 11.9. The van der Waals surface area contributed by atoms with Crippen molar-refractivity contribution in [1.29, 1.82) is 0 Å². The van der Waals surface area contributed by atoms with Crippen molar-refractivity contribution in [2.75, 3.05) is 46.8 Å². The van der Waals surface area contributed by atoms with Gasteiger partial charge in [-0.1, -0.05) is 68.5 Å². The van der Waals surface area contributed by atoms with E-state index < -0.39 is 23.0 Å². The number of rotatable bonds is 11. The van der Waals surface area contributed by atoms with Gasteiger partial charge < -0.3 is 56.8 Å². The van der Waals surface area contributed by atoms with Crippen LogP contribution in [0, 0.1) is 113 Å². The van der Waals surface area contributed by atoms with Gasteiger partial charge in [-0.3, -0.25) is 14.4 Å². The quantitative estimate of drug-likeness (QED) is 0.0393. The second-order valence-corrected chi connectivity index (χ2v) is 30.2. The van der Waals surface area contributed by atoms with Gasteiger partial charge in [-0.25, -0.2) is 0 Å². The van der Waals surface area contributed by atoms with E-state index in [4.69, 9.17) is 24.6 Å². The Morgan fingerprint density at radius 3 is 1.30 bits per heavy atom. The van der Waals surface area contributed by atoms with Crippen molar-refractivity contribution in [1.82, 2.24) is 0 Å². The van der Waals surface area contributed by atoms with Gasteiger partial charge in [-0.2, -0.15) is 0 Å². The number of aliphatic hydroxyl groups excluding tert-OH is 7. The van der Waals surface area contributed by atoms with E-state index in [2.05, 4.69) is 73.4 Å². The molecular formula is C66H110Na2O14. The van der Waals surface area contributed by atoms with Gasteiger partial charge in [-0.15, -0.1) is 0 Å². The second kappa shape index (κ2) is 27.0. The number of carbonyl (C=O) groups excluding carboxylic acids is 3. The average Bonchev–Trinajstić information content (AvgIpc) is 1.84. The topological polar surface area (TPSA) is 244 Å². The minimum atomic E-state index is -0.457. The molecule has 7 N–H and O–H groups in total. The fourth-order valence-corrected chi connectivity index (χ4v) is 23.7. The van der Waals surface area contributed by atoms with Crippen LogP contribution in [0.1, 0.15) is 199 Å². The Bertz CT molecular complexity index is 2260. The Morgan fingerprint density at radius 2 is 0.902 bits per heavy atom. The number of hydrogen-bond acceptors (Lipinski definition) is 14. The Labute approximate surface area is 538 Å². The van der Waals surface area contributed by atoms with E-state index >= 15 is 0 Å². The molecule has 0 aromatic rings. The van der Waals surface area contributed by atoms with Crippen LogP contribution in [0.3, 0.4) is 0 Å². The van der Waals surface area contributed by atoms with E-state index in [0.29, 0.717) is 66.5 Å². The largest absolute Gasteiger partial charge is 1.00 e. The molecule has 0 spiro atoms. The molecule has 0 radical (unpaired) electrons. The van der Waals surface area contributed by atoms with Crippen LogP contribution in [0.2, 0.25) is 0 Å². The van der Waals surface area contributed by atoms with Crippen LogP contribution in [0.5, 0.6) is 0 Å². The summed E-state index contributed by atoms with van der Waals surface area (Å²) in [6, 6.07) is 0. The van der Waals surface area contributed by atoms with Crippen molar-refractivity contribution in [3.05, 3.63) is 24.3 Å². The van der Waals surface area contributed by atoms with Crippen LogP contribution >= 0.6 is 0 Å². The van der Waals surface area contributed by atoms with Gasteiger partial charge in [0.15, 0.2) is 0 Å². The zero-order valence-corrected chi connectivity index (χ0v) is 57.3. The van der Waals surface area contributed by atoms with Gasteiger partial charge in [0.05, 0.1) is 45.2 Å². The number of ether oxygens (including phenoxy) is 2. The minimum Gasteiger partial charge on any atom is -1.00 e. The molecule has 0 amide bonds. The molecular weight excluding hydrogens is 1060 g/mol. The summed E-state index contributed by atoms with van der Waals surface area (Å²) in [5.74, 6) is 3.78. The van der Waals surface area contributed by atoms with Crippen molar-refractivity contribution in [3.8, 4) is 0 Å². The Hall–Kier alpha value is -0.430. The molecule has 0 aromatic carbocycles. The summed E-state index contributed by atoms with van der Waals surface area (Å²) in [7, 11) is 1.00. The van der Waals surface area contributed by atoms with E-state index in [0.717, 1.165) is 127 Å². The first-order chi connectivity index (χ1) is 37.6. The van der Waals surface area contributed by atoms with Crippen LogP contribution in [-0.4, -0.2) is 113 Å². The fourth-order valence-electron chi connectivity index (χ4n) is 23.7. The third-order valence-corrected chi connectivity index (χ3v) is 28.1. The normalized spacial score (nSPS) is 48.0. The summed E-state index contributed by atoms with van der Waals surface area (Å²) >= 11 is 0. The molecule has 10 rings (SSSR count). The van der Waals surface area contributed by atoms with Gasteiger partial charge in [0.2, 0.25) is 0 Å². The molecule has 0 aromatic heterocycles. The van der Waals surface area contributed by atoms with Gasteiger partial charge >= 0.3 is 71.1 Å². The molecule has 0 bridgehead atoms. The van der Waals surface area contributed by atoms with Gasteiger partial charge in [0.1, 0.15) is 0 Å². The Kier molecular flexibility index (Phi) is 23.8. The molecule has 10 saturated carbocycles.